The summed E-state index contributed by atoms with van der Waals surface area (Å²) in [5, 5.41) is 11.1. The third-order valence-electron chi connectivity index (χ3n) is 5.72. The third kappa shape index (κ3) is 7.23. The van der Waals surface area contributed by atoms with Crippen LogP contribution in [-0.4, -0.2) is 19.0 Å². The Morgan fingerprint density at radius 3 is 2.47 bits per heavy atom. The fourth-order valence-corrected chi connectivity index (χ4v) is 4.68. The highest BCUT2D eigenvalue weighted by Gasteiger charge is 2.28. The summed E-state index contributed by atoms with van der Waals surface area (Å²) in [6.45, 7) is 9.75. The van der Waals surface area contributed by atoms with Crippen LogP contribution < -0.4 is 9.26 Å². The molecule has 0 aliphatic carbocycles. The summed E-state index contributed by atoms with van der Waals surface area (Å²) in [5.74, 6) is 0.865. The van der Waals surface area contributed by atoms with Gasteiger partial charge in [-0.25, -0.2) is 9.09 Å². The topological polar surface area (TPSA) is 74.2 Å². The van der Waals surface area contributed by atoms with Crippen molar-refractivity contribution in [1.82, 2.24) is 0 Å². The summed E-state index contributed by atoms with van der Waals surface area (Å²) in [4.78, 5) is 0. The van der Waals surface area contributed by atoms with Crippen molar-refractivity contribution in [3.8, 4) is 28.4 Å². The lowest BCUT2D eigenvalue weighted by Gasteiger charge is -2.20. The molecular formula is C29H35O6P. The Morgan fingerprint density at radius 1 is 1.06 bits per heavy atom. The summed E-state index contributed by atoms with van der Waals surface area (Å²) >= 11 is 0. The van der Waals surface area contributed by atoms with Crippen LogP contribution in [0.4, 0.5) is 0 Å². The van der Waals surface area contributed by atoms with Crippen LogP contribution in [0.25, 0.3) is 16.7 Å². The molecule has 0 spiro atoms. The Morgan fingerprint density at radius 2 is 1.81 bits per heavy atom. The van der Waals surface area contributed by atoms with Crippen molar-refractivity contribution in [2.75, 3.05) is 13.9 Å². The second-order valence-corrected chi connectivity index (χ2v) is 10.4. The highest BCUT2D eigenvalue weighted by atomic mass is 31.2. The van der Waals surface area contributed by atoms with Crippen LogP contribution in [0.2, 0.25) is 0 Å². The molecule has 0 saturated carbocycles. The SMILES string of the molecule is C=C(C)c1ccc(C)cc1-c1c(O)cc(CCCCC)cc1OCOP(=O)(OC)Oc1ccccc1. The number of unbranched alkanes of at least 4 members (excludes halogenated alkanes) is 2. The van der Waals surface area contributed by atoms with Gasteiger partial charge in [0.25, 0.3) is 0 Å². The fourth-order valence-electron chi connectivity index (χ4n) is 3.88. The first-order chi connectivity index (χ1) is 17.3. The Bertz CT molecular complexity index is 1220. The van der Waals surface area contributed by atoms with E-state index in [4.69, 9.17) is 18.3 Å². The number of allylic oxidation sites excluding steroid dienone is 1. The number of phenolic OH excluding ortho intramolecular Hbond substituents is 1. The normalized spacial score (nSPS) is 12.7. The third-order valence-corrected chi connectivity index (χ3v) is 7.03. The smallest absolute Gasteiger partial charge is 0.507 e. The Labute approximate surface area is 214 Å². The minimum Gasteiger partial charge on any atom is -0.507 e. The lowest BCUT2D eigenvalue weighted by Crippen LogP contribution is -2.07. The molecule has 192 valence electrons. The average molecular weight is 511 g/mol. The number of phenols is 1. The van der Waals surface area contributed by atoms with Gasteiger partial charge in [-0.05, 0) is 67.6 Å². The highest BCUT2D eigenvalue weighted by Crippen LogP contribution is 2.49. The minimum atomic E-state index is -3.93. The number of hydrogen-bond donors (Lipinski definition) is 1. The van der Waals surface area contributed by atoms with Crippen LogP contribution in [0.5, 0.6) is 17.2 Å². The molecule has 1 N–H and O–H groups in total. The van der Waals surface area contributed by atoms with Gasteiger partial charge in [0.2, 0.25) is 6.79 Å². The number of hydrogen-bond acceptors (Lipinski definition) is 6. The largest absolute Gasteiger partial charge is 0.532 e. The van der Waals surface area contributed by atoms with Crippen molar-refractivity contribution in [3.63, 3.8) is 0 Å². The van der Waals surface area contributed by atoms with Crippen LogP contribution in [0, 0.1) is 6.92 Å². The molecule has 0 aliphatic heterocycles. The number of para-hydroxylation sites is 1. The maximum Gasteiger partial charge on any atom is 0.532 e. The van der Waals surface area contributed by atoms with Crippen molar-refractivity contribution in [1.29, 1.82) is 0 Å². The summed E-state index contributed by atoms with van der Waals surface area (Å²) in [6, 6.07) is 18.3. The molecular weight excluding hydrogens is 475 g/mol. The van der Waals surface area contributed by atoms with Gasteiger partial charge in [0.1, 0.15) is 17.2 Å². The first kappa shape index (κ1) is 27.5. The van der Waals surface area contributed by atoms with E-state index in [0.29, 0.717) is 17.1 Å². The molecule has 1 unspecified atom stereocenters. The van der Waals surface area contributed by atoms with Crippen LogP contribution in [0.3, 0.4) is 0 Å². The monoisotopic (exact) mass is 510 g/mol. The maximum absolute atomic E-state index is 13.0. The van der Waals surface area contributed by atoms with Crippen molar-refractivity contribution in [2.24, 2.45) is 0 Å². The summed E-state index contributed by atoms with van der Waals surface area (Å²) < 4.78 is 34.9. The molecule has 6 nitrogen and oxygen atoms in total. The molecule has 0 saturated heterocycles. The van der Waals surface area contributed by atoms with Gasteiger partial charge >= 0.3 is 7.82 Å². The molecule has 3 rings (SSSR count). The van der Waals surface area contributed by atoms with E-state index in [0.717, 1.165) is 53.5 Å². The molecule has 0 bridgehead atoms. The molecule has 0 aromatic heterocycles. The Hall–Kier alpha value is -3.05. The first-order valence-electron chi connectivity index (χ1n) is 12.1. The van der Waals surface area contributed by atoms with E-state index in [1.54, 1.807) is 30.3 Å². The number of ether oxygens (including phenoxy) is 1. The number of aryl methyl sites for hydroxylation is 2. The Kier molecular flexibility index (Phi) is 9.77. The van der Waals surface area contributed by atoms with E-state index < -0.39 is 14.6 Å². The van der Waals surface area contributed by atoms with Gasteiger partial charge in [-0.15, -0.1) is 0 Å². The standard InChI is InChI=1S/C29H35O6P/c1-6-7-9-12-23-18-27(30)29(26-17-22(4)15-16-25(26)21(2)3)28(19-23)33-20-34-36(31,32-5)35-24-13-10-8-11-14-24/h8,10-11,13-19,30H,2,6-7,9,12,20H2,1,3-5H3. The van der Waals surface area contributed by atoms with Crippen LogP contribution >= 0.6 is 7.82 Å². The molecule has 0 heterocycles. The lowest BCUT2D eigenvalue weighted by atomic mass is 9.91. The Balaban J connectivity index is 1.93. The van der Waals surface area contributed by atoms with E-state index >= 15 is 0 Å². The van der Waals surface area contributed by atoms with Crippen LogP contribution in [0.1, 0.15) is 49.8 Å². The lowest BCUT2D eigenvalue weighted by molar-refractivity contribution is 0.0784. The van der Waals surface area contributed by atoms with Gasteiger partial charge in [0.15, 0.2) is 0 Å². The number of phosphoric acid groups is 1. The van der Waals surface area contributed by atoms with E-state index in [9.17, 15) is 9.67 Å². The van der Waals surface area contributed by atoms with E-state index in [-0.39, 0.29) is 5.75 Å². The average Bonchev–Trinajstić information content (AvgIpc) is 2.84. The van der Waals surface area contributed by atoms with E-state index in [1.807, 2.05) is 44.2 Å². The van der Waals surface area contributed by atoms with Gasteiger partial charge in [-0.2, -0.15) is 0 Å². The molecule has 3 aromatic rings. The van der Waals surface area contributed by atoms with E-state index in [2.05, 4.69) is 13.5 Å². The summed E-state index contributed by atoms with van der Waals surface area (Å²) in [5.41, 5.74) is 5.05. The molecule has 36 heavy (non-hydrogen) atoms. The van der Waals surface area contributed by atoms with Gasteiger partial charge in [0.05, 0.1) is 5.56 Å². The molecule has 0 fully saturated rings. The van der Waals surface area contributed by atoms with Crippen LogP contribution in [-0.2, 0) is 20.0 Å². The second kappa shape index (κ2) is 12.8. The number of rotatable bonds is 13. The predicted molar refractivity (Wildman–Crippen MR) is 144 cm³/mol. The van der Waals surface area contributed by atoms with Crippen molar-refractivity contribution in [2.45, 2.75) is 46.5 Å². The molecule has 7 heteroatoms. The first-order valence-corrected chi connectivity index (χ1v) is 13.5. The quantitative estimate of drug-likeness (QED) is 0.142. The predicted octanol–water partition coefficient (Wildman–Crippen LogP) is 8.32. The highest BCUT2D eigenvalue weighted by molar-refractivity contribution is 7.48. The van der Waals surface area contributed by atoms with Crippen molar-refractivity contribution >= 4 is 13.4 Å². The maximum atomic E-state index is 13.0. The summed E-state index contributed by atoms with van der Waals surface area (Å²) in [7, 11) is -2.68. The number of phosphoric ester groups is 1. The zero-order valence-electron chi connectivity index (χ0n) is 21.5. The molecule has 0 radical (unpaired) electrons. The molecule has 1 atom stereocenters. The van der Waals surface area contributed by atoms with Crippen LogP contribution in [0.15, 0.2) is 67.2 Å². The molecule has 0 amide bonds. The van der Waals surface area contributed by atoms with Gasteiger partial charge in [-0.1, -0.05) is 73.9 Å². The number of benzene rings is 3. The van der Waals surface area contributed by atoms with Gasteiger partial charge in [-0.3, -0.25) is 4.52 Å². The fraction of sp³-hybridized carbons (Fsp3) is 0.310. The molecule has 3 aromatic carbocycles. The minimum absolute atomic E-state index is 0.0996. The van der Waals surface area contributed by atoms with Crippen molar-refractivity contribution in [3.05, 3.63) is 83.9 Å². The second-order valence-electron chi connectivity index (χ2n) is 8.70. The zero-order valence-corrected chi connectivity index (χ0v) is 22.3. The zero-order chi connectivity index (χ0) is 26.1. The van der Waals surface area contributed by atoms with E-state index in [1.165, 1.54) is 7.11 Å². The number of aromatic hydroxyl groups is 1. The van der Waals surface area contributed by atoms with Gasteiger partial charge < -0.3 is 14.4 Å². The van der Waals surface area contributed by atoms with Gasteiger partial charge in [0, 0.05) is 7.11 Å². The van der Waals surface area contributed by atoms with Crippen molar-refractivity contribution < 1.29 is 28.0 Å². The molecule has 0 aliphatic rings. The summed E-state index contributed by atoms with van der Waals surface area (Å²) in [6.07, 6.45) is 3.98.